The van der Waals surface area contributed by atoms with Gasteiger partial charge in [-0.15, -0.1) is 0 Å². The lowest BCUT2D eigenvalue weighted by molar-refractivity contribution is 0.404. The van der Waals surface area contributed by atoms with E-state index in [1.807, 2.05) is 26.0 Å². The molecule has 0 spiro atoms. The van der Waals surface area contributed by atoms with Crippen molar-refractivity contribution in [3.63, 3.8) is 0 Å². The highest BCUT2D eigenvalue weighted by molar-refractivity contribution is 5.51. The van der Waals surface area contributed by atoms with Gasteiger partial charge in [0.1, 0.15) is 14.2 Å². The minimum Gasteiger partial charge on any atom is -0.486 e. The Kier molecular flexibility index (Phi) is 2.58. The Balaban J connectivity index is 3.28. The maximum Gasteiger partial charge on any atom is 0.164 e. The van der Waals surface area contributed by atoms with Crippen LogP contribution in [0.15, 0.2) is 12.1 Å². The van der Waals surface area contributed by atoms with Crippen LogP contribution in [0.4, 0.5) is 0 Å². The molecule has 2 heteroatoms. The Hall–Kier alpha value is -1.18. The van der Waals surface area contributed by atoms with Crippen molar-refractivity contribution in [1.29, 1.82) is 0 Å². The first kappa shape index (κ1) is 8.91. The molecule has 2 radical (unpaired) electrons. The summed E-state index contributed by atoms with van der Waals surface area (Å²) in [5, 5.41) is 0. The van der Waals surface area contributed by atoms with Crippen molar-refractivity contribution in [2.24, 2.45) is 0 Å². The number of aryl methyl sites for hydroxylation is 2. The fourth-order valence-electron chi connectivity index (χ4n) is 1.12. The quantitative estimate of drug-likeness (QED) is 0.669. The summed E-state index contributed by atoms with van der Waals surface area (Å²) in [5.41, 5.74) is 1.99. The topological polar surface area (TPSA) is 18.5 Å². The Morgan fingerprint density at radius 2 is 1.25 bits per heavy atom. The van der Waals surface area contributed by atoms with Gasteiger partial charge in [-0.3, -0.25) is 0 Å². The zero-order chi connectivity index (χ0) is 9.14. The van der Waals surface area contributed by atoms with E-state index in [0.29, 0.717) is 11.5 Å². The molecule has 0 bridgehead atoms. The monoisotopic (exact) mass is 164 g/mol. The molecule has 12 heavy (non-hydrogen) atoms. The van der Waals surface area contributed by atoms with Gasteiger partial charge in [0.05, 0.1) is 0 Å². The van der Waals surface area contributed by atoms with Crippen LogP contribution in [0, 0.1) is 28.1 Å². The maximum atomic E-state index is 4.93. The van der Waals surface area contributed by atoms with Gasteiger partial charge in [-0.1, -0.05) is 12.1 Å². The summed E-state index contributed by atoms with van der Waals surface area (Å²) in [6.07, 6.45) is 0. The van der Waals surface area contributed by atoms with Crippen LogP contribution in [-0.4, -0.2) is 0 Å². The number of hydrogen-bond acceptors (Lipinski definition) is 2. The second-order valence-corrected chi connectivity index (χ2v) is 2.65. The summed E-state index contributed by atoms with van der Waals surface area (Å²) < 4.78 is 9.87. The standard InChI is InChI=1S/C10H12O2/c1-7-5-6-8(2)10(12-4)9(7)11-3/h5-6H,3-4H2,1-2H3. The van der Waals surface area contributed by atoms with Crippen LogP contribution in [-0.2, 0) is 0 Å². The molecule has 0 N–H and O–H groups in total. The molecule has 1 aromatic carbocycles. The van der Waals surface area contributed by atoms with Crippen molar-refractivity contribution in [2.75, 3.05) is 0 Å². The van der Waals surface area contributed by atoms with Crippen LogP contribution in [0.25, 0.3) is 0 Å². The lowest BCUT2D eigenvalue weighted by Gasteiger charge is -2.11. The Morgan fingerprint density at radius 1 is 0.917 bits per heavy atom. The molecule has 0 aromatic heterocycles. The van der Waals surface area contributed by atoms with E-state index >= 15 is 0 Å². The van der Waals surface area contributed by atoms with E-state index in [-0.39, 0.29) is 0 Å². The summed E-state index contributed by atoms with van der Waals surface area (Å²) in [6, 6.07) is 3.91. The van der Waals surface area contributed by atoms with E-state index in [1.54, 1.807) is 0 Å². The molecule has 0 saturated heterocycles. The third-order valence-corrected chi connectivity index (χ3v) is 1.79. The summed E-state index contributed by atoms with van der Waals surface area (Å²) in [7, 11) is 6.72. The summed E-state index contributed by atoms with van der Waals surface area (Å²) in [6.45, 7) is 3.87. The number of ether oxygens (including phenoxy) is 2. The first-order valence-electron chi connectivity index (χ1n) is 3.65. The number of benzene rings is 1. The minimum atomic E-state index is 0.657. The van der Waals surface area contributed by atoms with Gasteiger partial charge < -0.3 is 9.47 Å². The molecule has 0 aliphatic rings. The van der Waals surface area contributed by atoms with Gasteiger partial charge in [0.15, 0.2) is 11.5 Å². The molecular weight excluding hydrogens is 152 g/mol. The van der Waals surface area contributed by atoms with Gasteiger partial charge in [0, 0.05) is 0 Å². The number of rotatable bonds is 2. The van der Waals surface area contributed by atoms with Crippen molar-refractivity contribution in [3.8, 4) is 11.5 Å². The van der Waals surface area contributed by atoms with Crippen molar-refractivity contribution >= 4 is 0 Å². The molecule has 0 aliphatic heterocycles. The Morgan fingerprint density at radius 3 is 1.50 bits per heavy atom. The van der Waals surface area contributed by atoms with Gasteiger partial charge in [-0.05, 0) is 25.0 Å². The molecule has 0 amide bonds. The highest BCUT2D eigenvalue weighted by Crippen LogP contribution is 2.33. The predicted octanol–water partition coefficient (Wildman–Crippen LogP) is 2.64. The lowest BCUT2D eigenvalue weighted by atomic mass is 10.1. The van der Waals surface area contributed by atoms with Gasteiger partial charge in [-0.2, -0.15) is 0 Å². The van der Waals surface area contributed by atoms with Gasteiger partial charge in [0.25, 0.3) is 0 Å². The van der Waals surface area contributed by atoms with Crippen LogP contribution in [0.3, 0.4) is 0 Å². The van der Waals surface area contributed by atoms with Crippen LogP contribution >= 0.6 is 0 Å². The molecule has 64 valence electrons. The summed E-state index contributed by atoms with van der Waals surface area (Å²) in [5.74, 6) is 1.31. The number of hydrogen-bond donors (Lipinski definition) is 0. The second kappa shape index (κ2) is 3.48. The van der Waals surface area contributed by atoms with Crippen LogP contribution < -0.4 is 9.47 Å². The van der Waals surface area contributed by atoms with Crippen molar-refractivity contribution < 1.29 is 9.47 Å². The third-order valence-electron chi connectivity index (χ3n) is 1.79. The molecule has 0 saturated carbocycles. The highest BCUT2D eigenvalue weighted by Gasteiger charge is 2.08. The maximum absolute atomic E-state index is 4.93. The lowest BCUT2D eigenvalue weighted by Crippen LogP contribution is -1.92. The molecule has 0 aliphatic carbocycles. The molecular formula is C10H12O2. The molecule has 0 fully saturated rings. The average molecular weight is 164 g/mol. The zero-order valence-electron chi connectivity index (χ0n) is 7.39. The SMILES string of the molecule is [CH2]Oc1c(C)ccc(C)c1O[CH2]. The Labute approximate surface area is 73.1 Å². The van der Waals surface area contributed by atoms with Crippen LogP contribution in [0.1, 0.15) is 11.1 Å². The molecule has 0 unspecified atom stereocenters. The highest BCUT2D eigenvalue weighted by atomic mass is 16.5. The molecule has 0 heterocycles. The largest absolute Gasteiger partial charge is 0.486 e. The molecule has 1 rings (SSSR count). The average Bonchev–Trinajstić information content (AvgIpc) is 2.08. The van der Waals surface area contributed by atoms with Crippen LogP contribution in [0.2, 0.25) is 0 Å². The predicted molar refractivity (Wildman–Crippen MR) is 47.9 cm³/mol. The minimum absolute atomic E-state index is 0.657. The van der Waals surface area contributed by atoms with E-state index in [1.165, 1.54) is 0 Å². The summed E-state index contributed by atoms with van der Waals surface area (Å²) in [4.78, 5) is 0. The second-order valence-electron chi connectivity index (χ2n) is 2.65. The van der Waals surface area contributed by atoms with Crippen molar-refractivity contribution in [2.45, 2.75) is 13.8 Å². The van der Waals surface area contributed by atoms with Crippen LogP contribution in [0.5, 0.6) is 11.5 Å². The van der Waals surface area contributed by atoms with E-state index in [2.05, 4.69) is 14.2 Å². The molecule has 2 nitrogen and oxygen atoms in total. The fourth-order valence-corrected chi connectivity index (χ4v) is 1.12. The Bertz CT molecular complexity index is 250. The normalized spacial score (nSPS) is 9.67. The zero-order valence-corrected chi connectivity index (χ0v) is 7.39. The van der Waals surface area contributed by atoms with E-state index in [9.17, 15) is 0 Å². The fraction of sp³-hybridized carbons (Fsp3) is 0.200. The van der Waals surface area contributed by atoms with Crippen molar-refractivity contribution in [3.05, 3.63) is 37.5 Å². The third kappa shape index (κ3) is 1.37. The van der Waals surface area contributed by atoms with Gasteiger partial charge in [0.2, 0.25) is 0 Å². The van der Waals surface area contributed by atoms with E-state index in [0.717, 1.165) is 11.1 Å². The first-order chi connectivity index (χ1) is 5.70. The molecule has 1 aromatic rings. The van der Waals surface area contributed by atoms with Crippen molar-refractivity contribution in [1.82, 2.24) is 0 Å². The van der Waals surface area contributed by atoms with Gasteiger partial charge in [-0.25, -0.2) is 0 Å². The summed E-state index contributed by atoms with van der Waals surface area (Å²) >= 11 is 0. The molecule has 0 atom stereocenters. The smallest absolute Gasteiger partial charge is 0.164 e. The van der Waals surface area contributed by atoms with Gasteiger partial charge >= 0.3 is 0 Å². The first-order valence-corrected chi connectivity index (χ1v) is 3.65. The van der Waals surface area contributed by atoms with E-state index < -0.39 is 0 Å². The van der Waals surface area contributed by atoms with E-state index in [4.69, 9.17) is 9.47 Å².